The van der Waals surface area contributed by atoms with Crippen LogP contribution in [0.1, 0.15) is 12.8 Å². The van der Waals surface area contributed by atoms with Crippen LogP contribution < -0.4 is 11.1 Å². The molecule has 1 heterocycles. The highest BCUT2D eigenvalue weighted by molar-refractivity contribution is 9.10. The van der Waals surface area contributed by atoms with Crippen molar-refractivity contribution in [2.75, 3.05) is 17.6 Å². The van der Waals surface area contributed by atoms with Gasteiger partial charge in [-0.3, -0.25) is 0 Å². The summed E-state index contributed by atoms with van der Waals surface area (Å²) in [6, 6.07) is 6.97. The molecule has 0 fully saturated rings. The summed E-state index contributed by atoms with van der Waals surface area (Å²) >= 11 is 5.42. The minimum atomic E-state index is 0.576. The third-order valence-corrected chi connectivity index (χ3v) is 4.21. The summed E-state index contributed by atoms with van der Waals surface area (Å²) < 4.78 is 1.15. The predicted octanol–water partition coefficient (Wildman–Crippen LogP) is 3.07. The average molecular weight is 287 g/mol. The van der Waals surface area contributed by atoms with E-state index in [1.807, 2.05) is 11.8 Å². The van der Waals surface area contributed by atoms with Crippen LogP contribution in [-0.2, 0) is 0 Å². The second kappa shape index (κ2) is 5.23. The third-order valence-electron chi connectivity index (χ3n) is 2.50. The number of nitrogens with one attached hydrogen (secondary N) is 1. The molecule has 15 heavy (non-hydrogen) atoms. The number of hydrogen-bond donors (Lipinski definition) is 2. The zero-order valence-corrected chi connectivity index (χ0v) is 10.9. The van der Waals surface area contributed by atoms with E-state index < -0.39 is 0 Å². The van der Waals surface area contributed by atoms with Gasteiger partial charge in [-0.2, -0.15) is 0 Å². The zero-order chi connectivity index (χ0) is 10.7. The van der Waals surface area contributed by atoms with Crippen LogP contribution in [0.15, 0.2) is 27.6 Å². The highest BCUT2D eigenvalue weighted by Crippen LogP contribution is 2.35. The Morgan fingerprint density at radius 3 is 3.20 bits per heavy atom. The number of thioether (sulfide) groups is 1. The average Bonchev–Trinajstić information content (AvgIpc) is 2.26. The van der Waals surface area contributed by atoms with Crippen molar-refractivity contribution in [1.82, 2.24) is 0 Å². The van der Waals surface area contributed by atoms with Gasteiger partial charge in [-0.15, -0.1) is 11.8 Å². The van der Waals surface area contributed by atoms with Crippen LogP contribution in [0, 0.1) is 0 Å². The second-order valence-corrected chi connectivity index (χ2v) is 5.70. The van der Waals surface area contributed by atoms with Crippen LogP contribution in [0.4, 0.5) is 5.69 Å². The first-order chi connectivity index (χ1) is 7.29. The summed E-state index contributed by atoms with van der Waals surface area (Å²) in [4.78, 5) is 1.34. The van der Waals surface area contributed by atoms with E-state index >= 15 is 0 Å². The fraction of sp³-hybridized carbons (Fsp3) is 0.455. The zero-order valence-electron chi connectivity index (χ0n) is 8.50. The van der Waals surface area contributed by atoms with Gasteiger partial charge in [0.05, 0.1) is 0 Å². The summed E-state index contributed by atoms with van der Waals surface area (Å²) in [5.41, 5.74) is 6.78. The molecular formula is C11H15BrN2S. The summed E-state index contributed by atoms with van der Waals surface area (Å²) in [5.74, 6) is 1.14. The lowest BCUT2D eigenvalue weighted by atomic mass is 10.1. The Morgan fingerprint density at radius 2 is 2.40 bits per heavy atom. The van der Waals surface area contributed by atoms with Crippen LogP contribution in [0.3, 0.4) is 0 Å². The predicted molar refractivity (Wildman–Crippen MR) is 70.6 cm³/mol. The largest absolute Gasteiger partial charge is 0.381 e. The van der Waals surface area contributed by atoms with Crippen LogP contribution in [0.2, 0.25) is 0 Å². The Bertz CT molecular complexity index is 343. The second-order valence-electron chi connectivity index (χ2n) is 3.72. The number of hydrogen-bond acceptors (Lipinski definition) is 3. The SMILES string of the molecule is NCCCC1CSc2cc(Br)ccc2N1. The van der Waals surface area contributed by atoms with Gasteiger partial charge >= 0.3 is 0 Å². The number of benzene rings is 1. The molecule has 2 rings (SSSR count). The van der Waals surface area contributed by atoms with Crippen LogP contribution in [0.5, 0.6) is 0 Å². The topological polar surface area (TPSA) is 38.0 Å². The van der Waals surface area contributed by atoms with Gasteiger partial charge in [0.2, 0.25) is 0 Å². The molecule has 1 aromatic carbocycles. The molecule has 0 bridgehead atoms. The van der Waals surface area contributed by atoms with E-state index in [0.29, 0.717) is 6.04 Å². The lowest BCUT2D eigenvalue weighted by Crippen LogP contribution is -2.26. The molecule has 1 aromatic rings. The first kappa shape index (κ1) is 11.3. The molecule has 0 saturated carbocycles. The molecule has 82 valence electrons. The Balaban J connectivity index is 2.03. The van der Waals surface area contributed by atoms with Gasteiger partial charge in [0.15, 0.2) is 0 Å². The molecule has 0 aromatic heterocycles. The molecule has 1 unspecified atom stereocenters. The van der Waals surface area contributed by atoms with Crippen LogP contribution >= 0.6 is 27.7 Å². The smallest absolute Gasteiger partial charge is 0.0481 e. The first-order valence-electron chi connectivity index (χ1n) is 5.18. The van der Waals surface area contributed by atoms with E-state index in [-0.39, 0.29) is 0 Å². The molecule has 0 saturated heterocycles. The third kappa shape index (κ3) is 2.89. The van der Waals surface area contributed by atoms with Crippen molar-refractivity contribution in [2.45, 2.75) is 23.8 Å². The number of fused-ring (bicyclic) bond motifs is 1. The van der Waals surface area contributed by atoms with Gasteiger partial charge in [-0.05, 0) is 37.6 Å². The number of rotatable bonds is 3. The van der Waals surface area contributed by atoms with E-state index in [9.17, 15) is 0 Å². The van der Waals surface area contributed by atoms with Gasteiger partial charge in [-0.25, -0.2) is 0 Å². The first-order valence-corrected chi connectivity index (χ1v) is 6.96. The summed E-state index contributed by atoms with van der Waals surface area (Å²) in [7, 11) is 0. The van der Waals surface area contributed by atoms with Crippen molar-refractivity contribution in [1.29, 1.82) is 0 Å². The van der Waals surface area contributed by atoms with Crippen molar-refractivity contribution in [3.05, 3.63) is 22.7 Å². The number of nitrogens with two attached hydrogens (primary N) is 1. The van der Waals surface area contributed by atoms with Crippen molar-refractivity contribution in [2.24, 2.45) is 5.73 Å². The molecular weight excluding hydrogens is 272 g/mol. The monoisotopic (exact) mass is 286 g/mol. The quantitative estimate of drug-likeness (QED) is 0.897. The van der Waals surface area contributed by atoms with E-state index in [1.165, 1.54) is 17.0 Å². The van der Waals surface area contributed by atoms with Gasteiger partial charge in [0.25, 0.3) is 0 Å². The fourth-order valence-electron chi connectivity index (χ4n) is 1.71. The van der Waals surface area contributed by atoms with Gasteiger partial charge in [0.1, 0.15) is 0 Å². The number of halogens is 1. The standard InChI is InChI=1S/C11H15BrN2S/c12-8-3-4-10-11(6-8)15-7-9(14-10)2-1-5-13/h3-4,6,9,14H,1-2,5,7,13H2. The molecule has 0 aliphatic carbocycles. The molecule has 1 aliphatic heterocycles. The maximum atomic E-state index is 5.52. The van der Waals surface area contributed by atoms with Crippen molar-refractivity contribution in [3.63, 3.8) is 0 Å². The fourth-order valence-corrected chi connectivity index (χ4v) is 3.34. The van der Waals surface area contributed by atoms with Crippen molar-refractivity contribution >= 4 is 33.4 Å². The van der Waals surface area contributed by atoms with Crippen molar-refractivity contribution in [3.8, 4) is 0 Å². The Morgan fingerprint density at radius 1 is 1.53 bits per heavy atom. The minimum Gasteiger partial charge on any atom is -0.381 e. The van der Waals surface area contributed by atoms with Gasteiger partial charge in [-0.1, -0.05) is 15.9 Å². The molecule has 1 atom stereocenters. The molecule has 0 amide bonds. The maximum absolute atomic E-state index is 5.52. The summed E-state index contributed by atoms with van der Waals surface area (Å²) in [6.07, 6.45) is 2.27. The molecule has 1 aliphatic rings. The Hall–Kier alpha value is -0.190. The van der Waals surface area contributed by atoms with E-state index in [1.54, 1.807) is 0 Å². The molecule has 0 radical (unpaired) electrons. The van der Waals surface area contributed by atoms with E-state index in [2.05, 4.69) is 39.4 Å². The lowest BCUT2D eigenvalue weighted by molar-refractivity contribution is 0.664. The molecule has 0 spiro atoms. The molecule has 4 heteroatoms. The van der Waals surface area contributed by atoms with Crippen molar-refractivity contribution < 1.29 is 0 Å². The van der Waals surface area contributed by atoms with E-state index in [4.69, 9.17) is 5.73 Å². The summed E-state index contributed by atoms with van der Waals surface area (Å²) in [5, 5.41) is 3.56. The van der Waals surface area contributed by atoms with Gasteiger partial charge in [0, 0.05) is 26.9 Å². The van der Waals surface area contributed by atoms with Gasteiger partial charge < -0.3 is 11.1 Å². The Labute approximate surface area is 103 Å². The van der Waals surface area contributed by atoms with Crippen LogP contribution in [-0.4, -0.2) is 18.3 Å². The highest BCUT2D eigenvalue weighted by atomic mass is 79.9. The molecule has 3 N–H and O–H groups in total. The Kier molecular flexibility index (Phi) is 3.94. The minimum absolute atomic E-state index is 0.576. The number of anilines is 1. The normalized spacial score (nSPS) is 19.5. The maximum Gasteiger partial charge on any atom is 0.0481 e. The van der Waals surface area contributed by atoms with E-state index in [0.717, 1.165) is 23.2 Å². The summed E-state index contributed by atoms with van der Waals surface area (Å²) in [6.45, 7) is 0.788. The van der Waals surface area contributed by atoms with Crippen LogP contribution in [0.25, 0.3) is 0 Å². The highest BCUT2D eigenvalue weighted by Gasteiger charge is 2.17. The molecule has 2 nitrogen and oxygen atoms in total. The lowest BCUT2D eigenvalue weighted by Gasteiger charge is -2.26.